The minimum atomic E-state index is -4.17. The maximum Gasteiger partial charge on any atom is 0.412 e. The Bertz CT molecular complexity index is 425. The Balaban J connectivity index is 2.01. The summed E-state index contributed by atoms with van der Waals surface area (Å²) in [7, 11) is 0. The van der Waals surface area contributed by atoms with E-state index in [1.807, 2.05) is 30.3 Å². The molecule has 0 saturated heterocycles. The van der Waals surface area contributed by atoms with Crippen molar-refractivity contribution >= 4 is 0 Å². The molecule has 1 fully saturated rings. The van der Waals surface area contributed by atoms with E-state index in [0.717, 1.165) is 24.8 Å². The molecule has 0 aromatic heterocycles. The molecule has 3 heteroatoms. The molecule has 0 nitrogen and oxygen atoms in total. The second-order valence-corrected chi connectivity index (χ2v) is 5.52. The number of halogens is 3. The number of rotatable bonds is 4. The zero-order valence-electron chi connectivity index (χ0n) is 11.6. The average molecular weight is 282 g/mol. The molecule has 0 radical (unpaired) electrons. The lowest BCUT2D eigenvalue weighted by molar-refractivity contribution is -0.101. The van der Waals surface area contributed by atoms with Crippen LogP contribution < -0.4 is 0 Å². The third-order valence-corrected chi connectivity index (χ3v) is 4.01. The monoisotopic (exact) mass is 282 g/mol. The molecule has 0 atom stereocenters. The highest BCUT2D eigenvalue weighted by molar-refractivity contribution is 5.18. The third-order valence-electron chi connectivity index (χ3n) is 4.01. The van der Waals surface area contributed by atoms with Crippen LogP contribution in [-0.4, -0.2) is 6.18 Å². The van der Waals surface area contributed by atoms with Gasteiger partial charge in [-0.3, -0.25) is 0 Å². The average Bonchev–Trinajstić information content (AvgIpc) is 2.44. The van der Waals surface area contributed by atoms with Gasteiger partial charge in [0.05, 0.1) is 0 Å². The molecule has 0 unspecified atom stereocenters. The zero-order chi connectivity index (χ0) is 14.4. The molecule has 0 heterocycles. The van der Waals surface area contributed by atoms with Crippen molar-refractivity contribution in [2.45, 2.75) is 51.1 Å². The Morgan fingerprint density at radius 2 is 1.70 bits per heavy atom. The molecule has 0 spiro atoms. The van der Waals surface area contributed by atoms with Crippen molar-refractivity contribution in [2.24, 2.45) is 5.92 Å². The second kappa shape index (κ2) is 6.96. The Labute approximate surface area is 118 Å². The van der Waals surface area contributed by atoms with Gasteiger partial charge in [0.2, 0.25) is 0 Å². The molecular weight excluding hydrogens is 261 g/mol. The first-order chi connectivity index (χ1) is 9.57. The molecule has 0 amide bonds. The van der Waals surface area contributed by atoms with E-state index in [-0.39, 0.29) is 11.5 Å². The number of aryl methyl sites for hydroxylation is 1. The highest BCUT2D eigenvalue weighted by Gasteiger charge is 2.38. The van der Waals surface area contributed by atoms with E-state index in [1.54, 1.807) is 0 Å². The van der Waals surface area contributed by atoms with E-state index in [4.69, 9.17) is 0 Å². The molecule has 1 aliphatic carbocycles. The lowest BCUT2D eigenvalue weighted by Gasteiger charge is -2.26. The van der Waals surface area contributed by atoms with Crippen molar-refractivity contribution < 1.29 is 13.2 Å². The van der Waals surface area contributed by atoms with E-state index in [9.17, 15) is 13.2 Å². The maximum absolute atomic E-state index is 13.2. The van der Waals surface area contributed by atoms with Gasteiger partial charge < -0.3 is 0 Å². The fourth-order valence-electron chi connectivity index (χ4n) is 2.97. The smallest absolute Gasteiger partial charge is 0.166 e. The molecular formula is C17H21F3. The van der Waals surface area contributed by atoms with Crippen LogP contribution in [0.4, 0.5) is 13.2 Å². The summed E-state index contributed by atoms with van der Waals surface area (Å²) < 4.78 is 39.5. The van der Waals surface area contributed by atoms with Gasteiger partial charge in [-0.2, -0.15) is 13.2 Å². The van der Waals surface area contributed by atoms with Crippen LogP contribution in [0.15, 0.2) is 42.0 Å². The number of benzene rings is 1. The Morgan fingerprint density at radius 1 is 1.05 bits per heavy atom. The van der Waals surface area contributed by atoms with Crippen LogP contribution >= 0.6 is 0 Å². The van der Waals surface area contributed by atoms with Crippen molar-refractivity contribution in [1.29, 1.82) is 0 Å². The van der Waals surface area contributed by atoms with Crippen LogP contribution in [0, 0.1) is 5.92 Å². The molecule has 1 aromatic carbocycles. The van der Waals surface area contributed by atoms with Crippen LogP contribution in [0.5, 0.6) is 0 Å². The van der Waals surface area contributed by atoms with Crippen molar-refractivity contribution in [2.75, 3.05) is 0 Å². The predicted molar refractivity (Wildman–Crippen MR) is 75.5 cm³/mol. The fraction of sp³-hybridized carbons (Fsp3) is 0.529. The quantitative estimate of drug-likeness (QED) is 0.622. The summed E-state index contributed by atoms with van der Waals surface area (Å²) in [4.78, 5) is 0. The molecule has 1 saturated carbocycles. The van der Waals surface area contributed by atoms with Crippen LogP contribution in [0.25, 0.3) is 0 Å². The SMILES string of the molecule is FC(F)(F)/C(=C\CCc1ccccc1)C1CCCCC1. The topological polar surface area (TPSA) is 0 Å². The van der Waals surface area contributed by atoms with Crippen molar-refractivity contribution in [1.82, 2.24) is 0 Å². The van der Waals surface area contributed by atoms with Crippen LogP contribution in [0.2, 0.25) is 0 Å². The first kappa shape index (κ1) is 15.1. The lowest BCUT2D eigenvalue weighted by Crippen LogP contribution is -2.22. The number of allylic oxidation sites excluding steroid dienone is 2. The fourth-order valence-corrected chi connectivity index (χ4v) is 2.97. The summed E-state index contributed by atoms with van der Waals surface area (Å²) in [6, 6.07) is 9.68. The molecule has 20 heavy (non-hydrogen) atoms. The maximum atomic E-state index is 13.2. The summed E-state index contributed by atoms with van der Waals surface area (Å²) in [5, 5.41) is 0. The van der Waals surface area contributed by atoms with E-state index < -0.39 is 6.18 Å². The second-order valence-electron chi connectivity index (χ2n) is 5.52. The molecule has 2 rings (SSSR count). The molecule has 0 N–H and O–H groups in total. The summed E-state index contributed by atoms with van der Waals surface area (Å²) in [6.07, 6.45) is 2.72. The molecule has 110 valence electrons. The number of hydrogen-bond acceptors (Lipinski definition) is 0. The minimum Gasteiger partial charge on any atom is -0.166 e. The molecule has 1 aromatic rings. The minimum absolute atomic E-state index is 0.278. The summed E-state index contributed by atoms with van der Waals surface area (Å²) in [6.45, 7) is 0. The van der Waals surface area contributed by atoms with Gasteiger partial charge in [-0.05, 0) is 37.2 Å². The summed E-state index contributed by atoms with van der Waals surface area (Å²) in [5.41, 5.74) is 0.807. The third kappa shape index (κ3) is 4.39. The first-order valence-corrected chi connectivity index (χ1v) is 7.38. The van der Waals surface area contributed by atoms with Gasteiger partial charge in [0.15, 0.2) is 0 Å². The Hall–Kier alpha value is -1.25. The normalized spacial score (nSPS) is 18.2. The van der Waals surface area contributed by atoms with Crippen LogP contribution in [0.3, 0.4) is 0 Å². The Kier molecular flexibility index (Phi) is 5.27. The van der Waals surface area contributed by atoms with Crippen molar-refractivity contribution in [3.05, 3.63) is 47.5 Å². The molecule has 0 aliphatic heterocycles. The van der Waals surface area contributed by atoms with Gasteiger partial charge >= 0.3 is 6.18 Å². The van der Waals surface area contributed by atoms with Gasteiger partial charge in [0.1, 0.15) is 0 Å². The van der Waals surface area contributed by atoms with Gasteiger partial charge in [0, 0.05) is 5.57 Å². The Morgan fingerprint density at radius 3 is 2.30 bits per heavy atom. The van der Waals surface area contributed by atoms with Gasteiger partial charge in [-0.25, -0.2) is 0 Å². The number of alkyl halides is 3. The zero-order valence-corrected chi connectivity index (χ0v) is 11.6. The highest BCUT2D eigenvalue weighted by Crippen LogP contribution is 2.39. The first-order valence-electron chi connectivity index (χ1n) is 7.38. The highest BCUT2D eigenvalue weighted by atomic mass is 19.4. The van der Waals surface area contributed by atoms with Crippen LogP contribution in [-0.2, 0) is 6.42 Å². The van der Waals surface area contributed by atoms with E-state index in [2.05, 4.69) is 0 Å². The molecule has 0 bridgehead atoms. The lowest BCUT2D eigenvalue weighted by atomic mass is 9.83. The number of hydrogen-bond donors (Lipinski definition) is 0. The van der Waals surface area contributed by atoms with E-state index in [1.165, 1.54) is 6.08 Å². The van der Waals surface area contributed by atoms with E-state index in [0.29, 0.717) is 25.7 Å². The van der Waals surface area contributed by atoms with Crippen molar-refractivity contribution in [3.8, 4) is 0 Å². The largest absolute Gasteiger partial charge is 0.412 e. The van der Waals surface area contributed by atoms with Gasteiger partial charge in [0.25, 0.3) is 0 Å². The summed E-state index contributed by atoms with van der Waals surface area (Å²) in [5.74, 6) is -0.278. The van der Waals surface area contributed by atoms with Crippen molar-refractivity contribution in [3.63, 3.8) is 0 Å². The molecule has 1 aliphatic rings. The summed E-state index contributed by atoms with van der Waals surface area (Å²) >= 11 is 0. The predicted octanol–water partition coefficient (Wildman–Crippen LogP) is 5.69. The van der Waals surface area contributed by atoms with E-state index >= 15 is 0 Å². The standard InChI is InChI=1S/C17H21F3/c18-17(19,20)16(15-11-5-2-6-12-15)13-7-10-14-8-3-1-4-9-14/h1,3-4,8-9,13,15H,2,5-7,10-12H2/b16-13-. The van der Waals surface area contributed by atoms with Crippen LogP contribution in [0.1, 0.15) is 44.1 Å². The van der Waals surface area contributed by atoms with Gasteiger partial charge in [-0.1, -0.05) is 55.7 Å². The van der Waals surface area contributed by atoms with Gasteiger partial charge in [-0.15, -0.1) is 0 Å².